The first kappa shape index (κ1) is 12.4. The predicted octanol–water partition coefficient (Wildman–Crippen LogP) is 1.80. The summed E-state index contributed by atoms with van der Waals surface area (Å²) in [7, 11) is 0. The van der Waals surface area contributed by atoms with E-state index in [0.29, 0.717) is 5.84 Å². The lowest BCUT2D eigenvalue weighted by atomic mass is 10.2. The van der Waals surface area contributed by atoms with E-state index in [4.69, 9.17) is 10.8 Å². The second-order valence-corrected chi connectivity index (χ2v) is 4.14. The molecule has 1 atom stereocenters. The molecule has 3 nitrogen and oxygen atoms in total. The number of nitrogens with two attached hydrogens (primary N) is 1. The molecule has 1 unspecified atom stereocenters. The number of hydrogen-bond acceptors (Lipinski definition) is 3. The minimum atomic E-state index is 0.160. The molecule has 0 bridgehead atoms. The van der Waals surface area contributed by atoms with Gasteiger partial charge in [-0.25, -0.2) is 0 Å². The molecule has 0 rings (SSSR count). The Balaban J connectivity index is 3.36. The Kier molecular flexibility index (Phi) is 6.49. The molecule has 0 amide bonds. The molecule has 0 radical (unpaired) electrons. The molecule has 13 heavy (non-hydrogen) atoms. The van der Waals surface area contributed by atoms with Gasteiger partial charge in [0.05, 0.1) is 11.6 Å². The Hall–Kier alpha value is -0.640. The van der Waals surface area contributed by atoms with Gasteiger partial charge in [0.2, 0.25) is 0 Å². The molecule has 0 aliphatic carbocycles. The summed E-state index contributed by atoms with van der Waals surface area (Å²) in [5, 5.41) is 9.01. The Morgan fingerprint density at radius 3 is 2.77 bits per heavy atom. The largest absolute Gasteiger partial charge is 0.513 e. The van der Waals surface area contributed by atoms with Gasteiger partial charge >= 0.3 is 0 Å². The highest BCUT2D eigenvalue weighted by Crippen LogP contribution is 2.12. The highest BCUT2D eigenvalue weighted by molar-refractivity contribution is 7.99. The molecule has 4 heteroatoms. The van der Waals surface area contributed by atoms with Gasteiger partial charge in [-0.3, -0.25) is 4.99 Å². The van der Waals surface area contributed by atoms with Gasteiger partial charge in [-0.1, -0.05) is 13.5 Å². The molecule has 0 aliphatic heterocycles. The highest BCUT2D eigenvalue weighted by Gasteiger charge is 2.03. The number of rotatable bonds is 6. The minimum absolute atomic E-state index is 0.160. The molecule has 0 aromatic carbocycles. The highest BCUT2D eigenvalue weighted by atomic mass is 32.2. The van der Waals surface area contributed by atoms with Crippen molar-refractivity contribution in [1.29, 1.82) is 0 Å². The number of amidine groups is 1. The maximum absolute atomic E-state index is 9.01. The summed E-state index contributed by atoms with van der Waals surface area (Å²) < 4.78 is 0. The van der Waals surface area contributed by atoms with Crippen LogP contribution in [0.3, 0.4) is 0 Å². The Morgan fingerprint density at radius 2 is 2.31 bits per heavy atom. The fourth-order valence-corrected chi connectivity index (χ4v) is 1.58. The van der Waals surface area contributed by atoms with Crippen LogP contribution in [-0.4, -0.2) is 29.0 Å². The van der Waals surface area contributed by atoms with Crippen LogP contribution < -0.4 is 5.73 Å². The summed E-state index contributed by atoms with van der Waals surface area (Å²) in [5.41, 5.74) is 5.37. The van der Waals surface area contributed by atoms with Crippen LogP contribution in [0.15, 0.2) is 17.3 Å². The Bertz CT molecular complexity index is 188. The molecule has 3 N–H and O–H groups in total. The van der Waals surface area contributed by atoms with E-state index < -0.39 is 0 Å². The maximum Gasteiger partial charge on any atom is 0.0905 e. The van der Waals surface area contributed by atoms with Crippen molar-refractivity contribution in [2.45, 2.75) is 13.8 Å². The van der Waals surface area contributed by atoms with Crippen molar-refractivity contribution in [3.63, 3.8) is 0 Å². The number of aliphatic hydroxyl groups excluding tert-OH is 1. The van der Waals surface area contributed by atoms with Gasteiger partial charge in [0.1, 0.15) is 0 Å². The first-order valence-electron chi connectivity index (χ1n) is 4.26. The lowest BCUT2D eigenvalue weighted by molar-refractivity contribution is 0.357. The molecular formula is C9H18N2OS. The van der Waals surface area contributed by atoms with Crippen LogP contribution >= 0.6 is 11.8 Å². The van der Waals surface area contributed by atoms with E-state index in [-0.39, 0.29) is 11.7 Å². The van der Waals surface area contributed by atoms with Gasteiger partial charge in [-0.05, 0) is 6.92 Å². The molecule has 0 spiro atoms. The van der Waals surface area contributed by atoms with Crippen LogP contribution in [0.2, 0.25) is 0 Å². The third-order valence-corrected chi connectivity index (χ3v) is 2.74. The minimum Gasteiger partial charge on any atom is -0.513 e. The van der Waals surface area contributed by atoms with Crippen LogP contribution in [0.4, 0.5) is 0 Å². The van der Waals surface area contributed by atoms with E-state index in [1.165, 1.54) is 0 Å². The van der Waals surface area contributed by atoms with E-state index in [2.05, 4.69) is 11.6 Å². The molecule has 0 aromatic rings. The monoisotopic (exact) mass is 202 g/mol. The number of aliphatic imine (C=N–C) groups is 1. The number of hydrogen-bond donors (Lipinski definition) is 2. The van der Waals surface area contributed by atoms with Crippen molar-refractivity contribution in [3.05, 3.63) is 12.3 Å². The second kappa shape index (κ2) is 6.83. The SMILES string of the molecule is C=C(O)C(C)CSCCN=C(C)N. The summed E-state index contributed by atoms with van der Waals surface area (Å²) in [6, 6.07) is 0. The van der Waals surface area contributed by atoms with Crippen LogP contribution in [0.1, 0.15) is 13.8 Å². The topological polar surface area (TPSA) is 58.6 Å². The molecule has 0 heterocycles. The molecule has 76 valence electrons. The third kappa shape index (κ3) is 7.71. The van der Waals surface area contributed by atoms with Gasteiger partial charge in [0.25, 0.3) is 0 Å². The van der Waals surface area contributed by atoms with Crippen molar-refractivity contribution in [2.75, 3.05) is 18.1 Å². The van der Waals surface area contributed by atoms with Crippen molar-refractivity contribution >= 4 is 17.6 Å². The summed E-state index contributed by atoms with van der Waals surface area (Å²) in [5.74, 6) is 2.86. The molecule has 0 saturated heterocycles. The second-order valence-electron chi connectivity index (χ2n) is 2.99. The molecular weight excluding hydrogens is 184 g/mol. The average Bonchev–Trinajstić information content (AvgIpc) is 2.02. The predicted molar refractivity (Wildman–Crippen MR) is 60.4 cm³/mol. The number of thioether (sulfide) groups is 1. The van der Waals surface area contributed by atoms with E-state index in [0.717, 1.165) is 18.1 Å². The van der Waals surface area contributed by atoms with Crippen LogP contribution in [0.25, 0.3) is 0 Å². The van der Waals surface area contributed by atoms with Crippen LogP contribution in [-0.2, 0) is 0 Å². The molecule has 0 aliphatic rings. The quantitative estimate of drug-likeness (QED) is 0.299. The summed E-state index contributed by atoms with van der Waals surface area (Å²) in [4.78, 5) is 4.05. The van der Waals surface area contributed by atoms with Crippen LogP contribution in [0.5, 0.6) is 0 Å². The molecule has 0 fully saturated rings. The third-order valence-electron chi connectivity index (χ3n) is 1.53. The molecule has 0 aromatic heterocycles. The van der Waals surface area contributed by atoms with Gasteiger partial charge in [0, 0.05) is 24.0 Å². The van der Waals surface area contributed by atoms with Crippen molar-refractivity contribution in [1.82, 2.24) is 0 Å². The number of nitrogens with zero attached hydrogens (tertiary/aromatic N) is 1. The van der Waals surface area contributed by atoms with Gasteiger partial charge in [0.15, 0.2) is 0 Å². The van der Waals surface area contributed by atoms with E-state index in [1.54, 1.807) is 18.7 Å². The van der Waals surface area contributed by atoms with Crippen molar-refractivity contribution < 1.29 is 5.11 Å². The fourth-order valence-electron chi connectivity index (χ4n) is 0.643. The average molecular weight is 202 g/mol. The summed E-state index contributed by atoms with van der Waals surface area (Å²) in [6.45, 7) is 7.96. The summed E-state index contributed by atoms with van der Waals surface area (Å²) >= 11 is 1.75. The van der Waals surface area contributed by atoms with Gasteiger partial charge < -0.3 is 10.8 Å². The lowest BCUT2D eigenvalue weighted by Crippen LogP contribution is -2.07. The van der Waals surface area contributed by atoms with Crippen LogP contribution in [0, 0.1) is 5.92 Å². The number of allylic oxidation sites excluding steroid dienone is 1. The smallest absolute Gasteiger partial charge is 0.0905 e. The molecule has 0 saturated carbocycles. The fraction of sp³-hybridized carbons (Fsp3) is 0.667. The zero-order valence-corrected chi connectivity index (χ0v) is 9.10. The Morgan fingerprint density at radius 1 is 1.69 bits per heavy atom. The van der Waals surface area contributed by atoms with Gasteiger partial charge in [-0.15, -0.1) is 0 Å². The lowest BCUT2D eigenvalue weighted by Gasteiger charge is -2.07. The van der Waals surface area contributed by atoms with E-state index in [9.17, 15) is 0 Å². The normalized spacial score (nSPS) is 14.2. The first-order valence-corrected chi connectivity index (χ1v) is 5.41. The zero-order chi connectivity index (χ0) is 10.3. The van der Waals surface area contributed by atoms with Gasteiger partial charge in [-0.2, -0.15) is 11.8 Å². The standard InChI is InChI=1S/C9H18N2OS/c1-7(8(2)12)6-13-5-4-11-9(3)10/h7,12H,2,4-6H2,1,3H3,(H2,10,11). The number of aliphatic hydroxyl groups is 1. The van der Waals surface area contributed by atoms with E-state index >= 15 is 0 Å². The first-order chi connectivity index (χ1) is 6.04. The Labute approximate surface area is 84.1 Å². The van der Waals surface area contributed by atoms with Crippen molar-refractivity contribution in [3.8, 4) is 0 Å². The maximum atomic E-state index is 9.01. The zero-order valence-electron chi connectivity index (χ0n) is 8.29. The van der Waals surface area contributed by atoms with E-state index in [1.807, 2.05) is 6.92 Å². The summed E-state index contributed by atoms with van der Waals surface area (Å²) in [6.07, 6.45) is 0. The van der Waals surface area contributed by atoms with Crippen molar-refractivity contribution in [2.24, 2.45) is 16.6 Å².